The molecule has 1 unspecified atom stereocenters. The molecule has 4 heteroatoms. The minimum atomic E-state index is 0.428. The first-order chi connectivity index (χ1) is 9.65. The van der Waals surface area contributed by atoms with Crippen LogP contribution in [0, 0.1) is 12.8 Å². The van der Waals surface area contributed by atoms with Crippen molar-refractivity contribution in [1.29, 1.82) is 0 Å². The number of aromatic nitrogens is 2. The summed E-state index contributed by atoms with van der Waals surface area (Å²) in [5.41, 5.74) is 3.65. The maximum Gasteiger partial charge on any atom is 0.0738 e. The summed E-state index contributed by atoms with van der Waals surface area (Å²) in [6, 6.07) is 10.5. The van der Waals surface area contributed by atoms with Crippen LogP contribution in [-0.4, -0.2) is 15.7 Å². The second kappa shape index (κ2) is 7.28. The van der Waals surface area contributed by atoms with E-state index in [0.717, 1.165) is 29.6 Å². The summed E-state index contributed by atoms with van der Waals surface area (Å²) < 4.78 is 3.20. The van der Waals surface area contributed by atoms with Gasteiger partial charge in [-0.1, -0.05) is 30.3 Å². The van der Waals surface area contributed by atoms with Gasteiger partial charge in [-0.3, -0.25) is 4.68 Å². The van der Waals surface area contributed by atoms with Crippen molar-refractivity contribution in [2.75, 3.05) is 5.88 Å². The highest BCUT2D eigenvalue weighted by atomic mass is 79.9. The lowest BCUT2D eigenvalue weighted by Crippen LogP contribution is -2.14. The average molecular weight is 356 g/mol. The zero-order chi connectivity index (χ0) is 14.5. The Balaban J connectivity index is 2.14. The number of rotatable bonds is 6. The minimum Gasteiger partial charge on any atom is -0.268 e. The van der Waals surface area contributed by atoms with Crippen molar-refractivity contribution in [2.45, 2.75) is 33.2 Å². The van der Waals surface area contributed by atoms with Crippen LogP contribution in [0.5, 0.6) is 0 Å². The molecule has 1 atom stereocenters. The molecule has 2 rings (SSSR count). The van der Waals surface area contributed by atoms with Gasteiger partial charge < -0.3 is 0 Å². The Morgan fingerprint density at radius 2 is 1.95 bits per heavy atom. The van der Waals surface area contributed by atoms with Crippen LogP contribution in [0.15, 0.2) is 34.8 Å². The predicted molar refractivity (Wildman–Crippen MR) is 88.4 cm³/mol. The molecule has 1 heterocycles. The molecule has 0 aliphatic carbocycles. The number of halogens is 2. The summed E-state index contributed by atoms with van der Waals surface area (Å²) >= 11 is 9.84. The highest BCUT2D eigenvalue weighted by Crippen LogP contribution is 2.25. The van der Waals surface area contributed by atoms with E-state index in [-0.39, 0.29) is 0 Å². The first kappa shape index (κ1) is 15.6. The lowest BCUT2D eigenvalue weighted by atomic mass is 9.96. The van der Waals surface area contributed by atoms with Gasteiger partial charge in [0.25, 0.3) is 0 Å². The van der Waals surface area contributed by atoms with Gasteiger partial charge in [-0.2, -0.15) is 5.10 Å². The van der Waals surface area contributed by atoms with Crippen LogP contribution in [0.4, 0.5) is 0 Å². The normalized spacial score (nSPS) is 12.6. The Hall–Kier alpha value is -0.800. The van der Waals surface area contributed by atoms with Gasteiger partial charge in [0.05, 0.1) is 15.9 Å². The molecule has 108 valence electrons. The summed E-state index contributed by atoms with van der Waals surface area (Å²) in [6.45, 7) is 5.05. The number of nitrogens with zero attached hydrogens (tertiary/aromatic N) is 2. The average Bonchev–Trinajstić information content (AvgIpc) is 2.75. The summed E-state index contributed by atoms with van der Waals surface area (Å²) in [7, 11) is 0. The van der Waals surface area contributed by atoms with Crippen molar-refractivity contribution in [3.63, 3.8) is 0 Å². The fraction of sp³-hybridized carbons (Fsp3) is 0.438. The topological polar surface area (TPSA) is 17.8 Å². The molecule has 0 saturated heterocycles. The summed E-state index contributed by atoms with van der Waals surface area (Å²) in [4.78, 5) is 0. The van der Waals surface area contributed by atoms with E-state index in [1.165, 1.54) is 11.3 Å². The van der Waals surface area contributed by atoms with Gasteiger partial charge in [-0.15, -0.1) is 11.6 Å². The third-order valence-electron chi connectivity index (χ3n) is 3.52. The van der Waals surface area contributed by atoms with Crippen LogP contribution in [0.2, 0.25) is 0 Å². The second-order valence-corrected chi connectivity index (χ2v) is 6.18. The lowest BCUT2D eigenvalue weighted by molar-refractivity contribution is 0.530. The summed E-state index contributed by atoms with van der Waals surface area (Å²) in [5, 5.41) is 4.55. The van der Waals surface area contributed by atoms with E-state index < -0.39 is 0 Å². The maximum atomic E-state index is 6.18. The maximum absolute atomic E-state index is 6.18. The standard InChI is InChI=1S/C16H20BrClN2/c1-3-20-15(16(17)12(2)19-20)10-14(11-18)9-13-7-5-4-6-8-13/h4-8,14H,3,9-11H2,1-2H3. The van der Waals surface area contributed by atoms with E-state index in [9.17, 15) is 0 Å². The van der Waals surface area contributed by atoms with Gasteiger partial charge >= 0.3 is 0 Å². The van der Waals surface area contributed by atoms with Crippen molar-refractivity contribution in [3.05, 3.63) is 51.8 Å². The highest BCUT2D eigenvalue weighted by Gasteiger charge is 2.17. The molecule has 0 bridgehead atoms. The Labute approximate surface area is 134 Å². The zero-order valence-electron chi connectivity index (χ0n) is 11.9. The molecule has 0 spiro atoms. The van der Waals surface area contributed by atoms with Crippen LogP contribution in [-0.2, 0) is 19.4 Å². The van der Waals surface area contributed by atoms with Gasteiger partial charge in [0.15, 0.2) is 0 Å². The third kappa shape index (κ3) is 3.64. The van der Waals surface area contributed by atoms with Crippen molar-refractivity contribution >= 4 is 27.5 Å². The van der Waals surface area contributed by atoms with Gasteiger partial charge in [0, 0.05) is 12.4 Å². The molecule has 0 aliphatic rings. The molecule has 0 amide bonds. The van der Waals surface area contributed by atoms with Gasteiger partial charge in [-0.05, 0) is 54.1 Å². The molecule has 1 aromatic carbocycles. The molecule has 0 radical (unpaired) electrons. The first-order valence-corrected chi connectivity index (χ1v) is 8.30. The first-order valence-electron chi connectivity index (χ1n) is 6.97. The molecular formula is C16H20BrClN2. The van der Waals surface area contributed by atoms with E-state index in [1.807, 2.05) is 13.0 Å². The van der Waals surface area contributed by atoms with Crippen LogP contribution in [0.3, 0.4) is 0 Å². The Morgan fingerprint density at radius 1 is 1.25 bits per heavy atom. The van der Waals surface area contributed by atoms with Gasteiger partial charge in [0.1, 0.15) is 0 Å². The van der Waals surface area contributed by atoms with Crippen LogP contribution < -0.4 is 0 Å². The zero-order valence-corrected chi connectivity index (χ0v) is 14.3. The molecule has 20 heavy (non-hydrogen) atoms. The number of benzene rings is 1. The molecule has 1 aromatic heterocycles. The fourth-order valence-electron chi connectivity index (χ4n) is 2.47. The van der Waals surface area contributed by atoms with Crippen molar-refractivity contribution in [3.8, 4) is 0 Å². The molecule has 0 saturated carbocycles. The quantitative estimate of drug-likeness (QED) is 0.692. The Morgan fingerprint density at radius 3 is 2.55 bits per heavy atom. The SMILES string of the molecule is CCn1nc(C)c(Br)c1CC(CCl)Cc1ccccc1. The molecule has 2 nitrogen and oxygen atoms in total. The second-order valence-electron chi connectivity index (χ2n) is 5.08. The monoisotopic (exact) mass is 354 g/mol. The number of hydrogen-bond acceptors (Lipinski definition) is 1. The van der Waals surface area contributed by atoms with Crippen LogP contribution in [0.1, 0.15) is 23.9 Å². The summed E-state index contributed by atoms with van der Waals surface area (Å²) in [5.74, 6) is 1.09. The molecule has 0 fully saturated rings. The van der Waals surface area contributed by atoms with E-state index in [2.05, 4.69) is 56.9 Å². The van der Waals surface area contributed by atoms with Crippen molar-refractivity contribution in [2.24, 2.45) is 5.92 Å². The highest BCUT2D eigenvalue weighted by molar-refractivity contribution is 9.10. The molecule has 0 aliphatic heterocycles. The fourth-order valence-corrected chi connectivity index (χ4v) is 3.13. The number of hydrogen-bond donors (Lipinski definition) is 0. The predicted octanol–water partition coefficient (Wildman–Crippen LogP) is 4.61. The van der Waals surface area contributed by atoms with Crippen molar-refractivity contribution < 1.29 is 0 Å². The van der Waals surface area contributed by atoms with E-state index >= 15 is 0 Å². The van der Waals surface area contributed by atoms with E-state index in [4.69, 9.17) is 11.6 Å². The lowest BCUT2D eigenvalue weighted by Gasteiger charge is -2.15. The van der Waals surface area contributed by atoms with Crippen LogP contribution in [0.25, 0.3) is 0 Å². The Kier molecular flexibility index (Phi) is 5.67. The van der Waals surface area contributed by atoms with Crippen molar-refractivity contribution in [1.82, 2.24) is 9.78 Å². The Bertz CT molecular complexity index is 551. The summed E-state index contributed by atoms with van der Waals surface area (Å²) in [6.07, 6.45) is 1.96. The number of alkyl halides is 1. The molecule has 2 aromatic rings. The van der Waals surface area contributed by atoms with E-state index in [1.54, 1.807) is 0 Å². The largest absolute Gasteiger partial charge is 0.268 e. The van der Waals surface area contributed by atoms with Gasteiger partial charge in [-0.25, -0.2) is 0 Å². The minimum absolute atomic E-state index is 0.428. The molecule has 0 N–H and O–H groups in total. The smallest absolute Gasteiger partial charge is 0.0738 e. The molecular weight excluding hydrogens is 336 g/mol. The number of aryl methyl sites for hydroxylation is 2. The van der Waals surface area contributed by atoms with Crippen LogP contribution >= 0.6 is 27.5 Å². The van der Waals surface area contributed by atoms with E-state index in [0.29, 0.717) is 11.8 Å². The van der Waals surface area contributed by atoms with Gasteiger partial charge in [0.2, 0.25) is 0 Å². The third-order valence-corrected chi connectivity index (χ3v) is 4.99.